The third kappa shape index (κ3) is 3.76. The van der Waals surface area contributed by atoms with Gasteiger partial charge >= 0.3 is 0 Å². The van der Waals surface area contributed by atoms with Crippen LogP contribution in [-0.2, 0) is 6.61 Å². The molecule has 0 saturated heterocycles. The highest BCUT2D eigenvalue weighted by Crippen LogP contribution is 2.39. The molecule has 6 heteroatoms. The summed E-state index contributed by atoms with van der Waals surface area (Å²) in [6, 6.07) is 20.3. The summed E-state index contributed by atoms with van der Waals surface area (Å²) in [6.45, 7) is 4.04. The van der Waals surface area contributed by atoms with Gasteiger partial charge in [-0.1, -0.05) is 48.5 Å². The largest absolute Gasteiger partial charge is 0.489 e. The lowest BCUT2D eigenvalue weighted by Gasteiger charge is -2.24. The van der Waals surface area contributed by atoms with Gasteiger partial charge in [-0.3, -0.25) is 9.59 Å². The molecule has 2 heterocycles. The van der Waals surface area contributed by atoms with Crippen LogP contribution in [0.1, 0.15) is 44.4 Å². The Bertz CT molecular complexity index is 1440. The van der Waals surface area contributed by atoms with Gasteiger partial charge in [0.2, 0.25) is 5.76 Å². The normalized spacial score (nSPS) is 15.1. The molecule has 4 aromatic rings. The Morgan fingerprint density at radius 1 is 1.00 bits per heavy atom. The number of β-amino-alcohol motifs (C(OH)–C–C–N with tert-alkyl or cyclic N) is 1. The zero-order chi connectivity index (χ0) is 23.8. The van der Waals surface area contributed by atoms with Crippen LogP contribution in [0.3, 0.4) is 0 Å². The quantitative estimate of drug-likeness (QED) is 0.462. The van der Waals surface area contributed by atoms with E-state index in [9.17, 15) is 14.7 Å². The van der Waals surface area contributed by atoms with Crippen LogP contribution in [0, 0.1) is 13.8 Å². The minimum absolute atomic E-state index is 0.0385. The van der Waals surface area contributed by atoms with Crippen LogP contribution in [0.15, 0.2) is 75.9 Å². The summed E-state index contributed by atoms with van der Waals surface area (Å²) in [4.78, 5) is 28.5. The minimum atomic E-state index is -0.670. The van der Waals surface area contributed by atoms with Crippen molar-refractivity contribution in [2.75, 3.05) is 13.2 Å². The summed E-state index contributed by atoms with van der Waals surface area (Å²) < 4.78 is 12.0. The predicted molar refractivity (Wildman–Crippen MR) is 129 cm³/mol. The fourth-order valence-corrected chi connectivity index (χ4v) is 4.71. The monoisotopic (exact) mass is 455 g/mol. The van der Waals surface area contributed by atoms with Gasteiger partial charge in [-0.05, 0) is 54.3 Å². The number of ether oxygens (including phenoxy) is 1. The van der Waals surface area contributed by atoms with Crippen molar-refractivity contribution in [3.63, 3.8) is 0 Å². The van der Waals surface area contributed by atoms with Crippen molar-refractivity contribution in [2.24, 2.45) is 0 Å². The second kappa shape index (κ2) is 8.80. The first kappa shape index (κ1) is 21.9. The molecule has 1 atom stereocenters. The number of hydrogen-bond donors (Lipinski definition) is 1. The Hall–Kier alpha value is -3.90. The van der Waals surface area contributed by atoms with E-state index in [-0.39, 0.29) is 24.3 Å². The molecule has 0 fully saturated rings. The number of aryl methyl sites for hydroxylation is 2. The SMILES string of the molecule is Cc1cc(C)c2c(=O)c3c(oc2c1)C(=O)N(CCO)C3c1cccc(OCc2ccccc2)c1. The number of carbonyl (C=O) groups is 1. The van der Waals surface area contributed by atoms with E-state index in [0.717, 1.165) is 22.3 Å². The highest BCUT2D eigenvalue weighted by atomic mass is 16.5. The summed E-state index contributed by atoms with van der Waals surface area (Å²) in [5.41, 5.74) is 4.00. The Kier molecular flexibility index (Phi) is 5.67. The zero-order valence-electron chi connectivity index (χ0n) is 19.1. The van der Waals surface area contributed by atoms with E-state index in [2.05, 4.69) is 0 Å². The molecule has 1 aliphatic rings. The van der Waals surface area contributed by atoms with Gasteiger partial charge in [0, 0.05) is 6.54 Å². The van der Waals surface area contributed by atoms with Crippen molar-refractivity contribution in [3.05, 3.63) is 111 Å². The Labute approximate surface area is 197 Å². The van der Waals surface area contributed by atoms with Crippen LogP contribution >= 0.6 is 0 Å². The van der Waals surface area contributed by atoms with Crippen molar-refractivity contribution < 1.29 is 19.1 Å². The van der Waals surface area contributed by atoms with Crippen LogP contribution in [0.25, 0.3) is 11.0 Å². The predicted octanol–water partition coefficient (Wildman–Crippen LogP) is 4.53. The average molecular weight is 456 g/mol. The van der Waals surface area contributed by atoms with E-state index in [1.807, 2.05) is 74.5 Å². The third-order valence-corrected chi connectivity index (χ3v) is 6.18. The fraction of sp³-hybridized carbons (Fsp3) is 0.214. The number of benzene rings is 3. The molecule has 1 aromatic heterocycles. The van der Waals surface area contributed by atoms with Crippen LogP contribution in [0.2, 0.25) is 0 Å². The number of aliphatic hydroxyl groups is 1. The molecule has 0 aliphatic carbocycles. The molecule has 172 valence electrons. The minimum Gasteiger partial charge on any atom is -0.489 e. The maximum absolute atomic E-state index is 13.7. The third-order valence-electron chi connectivity index (χ3n) is 6.18. The lowest BCUT2D eigenvalue weighted by atomic mass is 9.96. The van der Waals surface area contributed by atoms with Crippen LogP contribution < -0.4 is 10.2 Å². The summed E-state index contributed by atoms with van der Waals surface area (Å²) in [7, 11) is 0. The topological polar surface area (TPSA) is 80.0 Å². The summed E-state index contributed by atoms with van der Waals surface area (Å²) in [6.07, 6.45) is 0. The standard InChI is InChI=1S/C28H25NO5/c1-17-13-18(2)23-22(14-17)34-27-24(26(23)31)25(29(11-12-30)28(27)32)20-9-6-10-21(15-20)33-16-19-7-4-3-5-8-19/h3-10,13-15,25,30H,11-12,16H2,1-2H3. The highest BCUT2D eigenvalue weighted by Gasteiger charge is 2.42. The van der Waals surface area contributed by atoms with Gasteiger partial charge in [-0.2, -0.15) is 0 Å². The van der Waals surface area contributed by atoms with Crippen molar-refractivity contribution in [2.45, 2.75) is 26.5 Å². The average Bonchev–Trinajstić information content (AvgIpc) is 3.10. The molecule has 0 spiro atoms. The fourth-order valence-electron chi connectivity index (χ4n) is 4.71. The van der Waals surface area contributed by atoms with E-state index in [4.69, 9.17) is 9.15 Å². The maximum Gasteiger partial charge on any atom is 0.290 e. The molecule has 1 amide bonds. The second-order valence-corrected chi connectivity index (χ2v) is 8.60. The highest BCUT2D eigenvalue weighted by molar-refractivity contribution is 5.99. The lowest BCUT2D eigenvalue weighted by molar-refractivity contribution is 0.0691. The van der Waals surface area contributed by atoms with Gasteiger partial charge in [-0.15, -0.1) is 0 Å². The number of hydrogen-bond acceptors (Lipinski definition) is 5. The first-order valence-electron chi connectivity index (χ1n) is 11.2. The first-order valence-corrected chi connectivity index (χ1v) is 11.2. The molecule has 0 radical (unpaired) electrons. The van der Waals surface area contributed by atoms with Gasteiger partial charge in [0.25, 0.3) is 5.91 Å². The summed E-state index contributed by atoms with van der Waals surface area (Å²) in [5.74, 6) is 0.266. The van der Waals surface area contributed by atoms with Crippen molar-refractivity contribution in [1.29, 1.82) is 0 Å². The summed E-state index contributed by atoms with van der Waals surface area (Å²) >= 11 is 0. The van der Waals surface area contributed by atoms with Gasteiger partial charge in [0.1, 0.15) is 17.9 Å². The Morgan fingerprint density at radius 2 is 1.79 bits per heavy atom. The molecular formula is C28H25NO5. The number of amides is 1. The van der Waals surface area contributed by atoms with E-state index in [0.29, 0.717) is 28.9 Å². The molecule has 3 aromatic carbocycles. The summed E-state index contributed by atoms with van der Waals surface area (Å²) in [5, 5.41) is 10.1. The van der Waals surface area contributed by atoms with E-state index in [1.165, 1.54) is 4.90 Å². The molecule has 34 heavy (non-hydrogen) atoms. The Balaban J connectivity index is 1.61. The Morgan fingerprint density at radius 3 is 2.56 bits per heavy atom. The van der Waals surface area contributed by atoms with Crippen molar-refractivity contribution in [1.82, 2.24) is 4.90 Å². The van der Waals surface area contributed by atoms with Gasteiger partial charge < -0.3 is 19.2 Å². The van der Waals surface area contributed by atoms with Crippen LogP contribution in [0.5, 0.6) is 5.75 Å². The van der Waals surface area contributed by atoms with Crippen LogP contribution in [0.4, 0.5) is 0 Å². The lowest BCUT2D eigenvalue weighted by Crippen LogP contribution is -2.32. The molecule has 0 bridgehead atoms. The maximum atomic E-state index is 13.7. The molecule has 6 nitrogen and oxygen atoms in total. The molecular weight excluding hydrogens is 430 g/mol. The van der Waals surface area contributed by atoms with E-state index in [1.54, 1.807) is 6.07 Å². The van der Waals surface area contributed by atoms with Gasteiger partial charge in [0.05, 0.1) is 23.6 Å². The van der Waals surface area contributed by atoms with E-state index < -0.39 is 11.9 Å². The van der Waals surface area contributed by atoms with E-state index >= 15 is 0 Å². The molecule has 0 saturated carbocycles. The van der Waals surface area contributed by atoms with Gasteiger partial charge in [-0.25, -0.2) is 0 Å². The second-order valence-electron chi connectivity index (χ2n) is 8.60. The number of aliphatic hydroxyl groups excluding tert-OH is 1. The van der Waals surface area contributed by atoms with Crippen molar-refractivity contribution in [3.8, 4) is 5.75 Å². The number of carbonyl (C=O) groups excluding carboxylic acids is 1. The van der Waals surface area contributed by atoms with Gasteiger partial charge in [0.15, 0.2) is 5.43 Å². The molecule has 5 rings (SSSR count). The van der Waals surface area contributed by atoms with Crippen molar-refractivity contribution >= 4 is 16.9 Å². The molecule has 1 aliphatic heterocycles. The first-order chi connectivity index (χ1) is 16.5. The molecule has 1 unspecified atom stereocenters. The van der Waals surface area contributed by atoms with Crippen LogP contribution in [-0.4, -0.2) is 29.1 Å². The number of rotatable bonds is 6. The number of nitrogens with zero attached hydrogens (tertiary/aromatic N) is 1. The zero-order valence-corrected chi connectivity index (χ0v) is 19.1. The molecule has 1 N–H and O–H groups in total. The number of fused-ring (bicyclic) bond motifs is 2. The smallest absolute Gasteiger partial charge is 0.290 e.